The van der Waals surface area contributed by atoms with E-state index < -0.39 is 0 Å². The van der Waals surface area contributed by atoms with Gasteiger partial charge in [0, 0.05) is 6.54 Å². The molecule has 0 aliphatic rings. The highest BCUT2D eigenvalue weighted by molar-refractivity contribution is 5.89. The normalized spacial score (nSPS) is 12.1. The molecule has 0 fully saturated rings. The van der Waals surface area contributed by atoms with Gasteiger partial charge in [0.05, 0.1) is 11.1 Å². The van der Waals surface area contributed by atoms with E-state index in [1.165, 1.54) is 0 Å². The number of aromatic nitrogens is 4. The maximum absolute atomic E-state index is 5.89. The number of nitrogens with zero attached hydrogens (tertiary/aromatic N) is 3. The summed E-state index contributed by atoms with van der Waals surface area (Å²) in [5, 5.41) is 12.6. The second-order valence-corrected chi connectivity index (χ2v) is 4.95. The molecule has 0 saturated heterocycles. The largest absolute Gasteiger partial charge is 0.383 e. The van der Waals surface area contributed by atoms with Crippen molar-refractivity contribution in [2.24, 2.45) is 5.92 Å². The fourth-order valence-electron chi connectivity index (χ4n) is 1.89. The second kappa shape index (κ2) is 3.81. The zero-order valence-electron chi connectivity index (χ0n) is 10.3. The predicted molar refractivity (Wildman–Crippen MR) is 65.2 cm³/mol. The lowest BCUT2D eigenvalue weighted by Crippen LogP contribution is -2.07. The summed E-state index contributed by atoms with van der Waals surface area (Å²) in [5.41, 5.74) is 7.79. The Balaban J connectivity index is 2.59. The first-order valence-corrected chi connectivity index (χ1v) is 5.71. The van der Waals surface area contributed by atoms with Gasteiger partial charge in [0.25, 0.3) is 0 Å². The van der Waals surface area contributed by atoms with E-state index in [2.05, 4.69) is 43.0 Å². The number of rotatable bonds is 3. The summed E-state index contributed by atoms with van der Waals surface area (Å²) in [7, 11) is 0. The first-order valence-electron chi connectivity index (χ1n) is 5.71. The Morgan fingerprint density at radius 2 is 2.00 bits per heavy atom. The zero-order chi connectivity index (χ0) is 11.9. The van der Waals surface area contributed by atoms with Gasteiger partial charge in [-0.1, -0.05) is 27.7 Å². The van der Waals surface area contributed by atoms with Crippen LogP contribution in [-0.4, -0.2) is 20.0 Å². The van der Waals surface area contributed by atoms with Crippen LogP contribution in [0.25, 0.3) is 11.0 Å². The highest BCUT2D eigenvalue weighted by Gasteiger charge is 2.18. The maximum atomic E-state index is 5.89. The Hall–Kier alpha value is -1.52. The molecule has 0 spiro atoms. The number of aromatic amines is 1. The highest BCUT2D eigenvalue weighted by Crippen LogP contribution is 2.27. The lowest BCUT2D eigenvalue weighted by atomic mass is 10.1. The minimum atomic E-state index is 0.357. The van der Waals surface area contributed by atoms with Crippen LogP contribution in [0, 0.1) is 5.92 Å². The molecule has 2 aromatic rings. The molecular formula is C11H19N5. The number of fused-ring (bicyclic) bond motifs is 1. The Labute approximate surface area is 95.0 Å². The van der Waals surface area contributed by atoms with E-state index in [-0.39, 0.29) is 0 Å². The van der Waals surface area contributed by atoms with E-state index in [9.17, 15) is 0 Å². The number of nitrogen functional groups attached to an aromatic ring is 1. The molecule has 5 nitrogen and oxygen atoms in total. The minimum Gasteiger partial charge on any atom is -0.383 e. The molecule has 0 radical (unpaired) electrons. The Bertz CT molecular complexity index is 492. The summed E-state index contributed by atoms with van der Waals surface area (Å²) in [5.74, 6) is 1.52. The third-order valence-corrected chi connectivity index (χ3v) is 2.59. The Morgan fingerprint density at radius 3 is 2.56 bits per heavy atom. The lowest BCUT2D eigenvalue weighted by Gasteiger charge is -2.05. The summed E-state index contributed by atoms with van der Waals surface area (Å²) in [6.45, 7) is 9.44. The van der Waals surface area contributed by atoms with Crippen LogP contribution in [0.2, 0.25) is 0 Å². The van der Waals surface area contributed by atoms with Crippen molar-refractivity contribution in [2.75, 3.05) is 5.73 Å². The van der Waals surface area contributed by atoms with Gasteiger partial charge in [-0.05, 0) is 11.8 Å². The van der Waals surface area contributed by atoms with E-state index in [0.29, 0.717) is 17.7 Å². The molecule has 0 saturated carbocycles. The van der Waals surface area contributed by atoms with Gasteiger partial charge in [0.1, 0.15) is 5.82 Å². The van der Waals surface area contributed by atoms with Gasteiger partial charge < -0.3 is 5.73 Å². The monoisotopic (exact) mass is 221 g/mol. The average Bonchev–Trinajstić information content (AvgIpc) is 2.68. The van der Waals surface area contributed by atoms with Gasteiger partial charge in [0.15, 0.2) is 5.65 Å². The fraction of sp³-hybridized carbons (Fsp3) is 0.636. The van der Waals surface area contributed by atoms with Crippen molar-refractivity contribution in [3.8, 4) is 0 Å². The Kier molecular flexibility index (Phi) is 2.61. The third kappa shape index (κ3) is 1.66. The molecular weight excluding hydrogens is 202 g/mol. The SMILES string of the molecule is CC(C)Cn1nc(C(C)C)c2c(N)[nH]nc21. The van der Waals surface area contributed by atoms with Crippen LogP contribution in [-0.2, 0) is 6.54 Å². The molecule has 5 heteroatoms. The molecule has 2 rings (SSSR count). The predicted octanol–water partition coefficient (Wildman–Crippen LogP) is 2.12. The van der Waals surface area contributed by atoms with Gasteiger partial charge in [0.2, 0.25) is 0 Å². The van der Waals surface area contributed by atoms with Gasteiger partial charge in [-0.25, -0.2) is 4.68 Å². The molecule has 16 heavy (non-hydrogen) atoms. The van der Waals surface area contributed by atoms with Gasteiger partial charge in [-0.15, -0.1) is 0 Å². The van der Waals surface area contributed by atoms with Crippen LogP contribution in [0.3, 0.4) is 0 Å². The smallest absolute Gasteiger partial charge is 0.182 e. The summed E-state index contributed by atoms with van der Waals surface area (Å²) in [6, 6.07) is 0. The molecule has 0 amide bonds. The number of anilines is 1. The van der Waals surface area contributed by atoms with Crippen molar-refractivity contribution < 1.29 is 0 Å². The van der Waals surface area contributed by atoms with Crippen LogP contribution >= 0.6 is 0 Å². The van der Waals surface area contributed by atoms with Crippen LogP contribution in [0.5, 0.6) is 0 Å². The third-order valence-electron chi connectivity index (χ3n) is 2.59. The average molecular weight is 221 g/mol. The van der Waals surface area contributed by atoms with Crippen molar-refractivity contribution in [3.63, 3.8) is 0 Å². The van der Waals surface area contributed by atoms with Crippen molar-refractivity contribution in [2.45, 2.75) is 40.2 Å². The quantitative estimate of drug-likeness (QED) is 0.833. The summed E-state index contributed by atoms with van der Waals surface area (Å²) >= 11 is 0. The first-order chi connectivity index (χ1) is 7.50. The van der Waals surface area contributed by atoms with Crippen LogP contribution in [0.1, 0.15) is 39.3 Å². The molecule has 3 N–H and O–H groups in total. The fourth-order valence-corrected chi connectivity index (χ4v) is 1.89. The van der Waals surface area contributed by atoms with Gasteiger partial charge in [-0.2, -0.15) is 10.2 Å². The maximum Gasteiger partial charge on any atom is 0.182 e. The summed E-state index contributed by atoms with van der Waals surface area (Å²) in [6.07, 6.45) is 0. The molecule has 2 aromatic heterocycles. The number of hydrogen-bond donors (Lipinski definition) is 2. The van der Waals surface area contributed by atoms with E-state index in [1.807, 2.05) is 4.68 Å². The lowest BCUT2D eigenvalue weighted by molar-refractivity contribution is 0.486. The minimum absolute atomic E-state index is 0.357. The van der Waals surface area contributed by atoms with E-state index in [0.717, 1.165) is 23.3 Å². The first kappa shape index (κ1) is 11.0. The second-order valence-electron chi connectivity index (χ2n) is 4.95. The van der Waals surface area contributed by atoms with Crippen LogP contribution in [0.4, 0.5) is 5.82 Å². The van der Waals surface area contributed by atoms with Crippen LogP contribution in [0.15, 0.2) is 0 Å². The summed E-state index contributed by atoms with van der Waals surface area (Å²) < 4.78 is 1.95. The molecule has 0 bridgehead atoms. The van der Waals surface area contributed by atoms with Gasteiger partial charge in [-0.3, -0.25) is 5.10 Å². The molecule has 0 aliphatic heterocycles. The topological polar surface area (TPSA) is 72.5 Å². The van der Waals surface area contributed by atoms with Crippen molar-refractivity contribution in [3.05, 3.63) is 5.69 Å². The van der Waals surface area contributed by atoms with Crippen LogP contribution < -0.4 is 5.73 Å². The van der Waals surface area contributed by atoms with E-state index >= 15 is 0 Å². The molecule has 2 heterocycles. The highest BCUT2D eigenvalue weighted by atomic mass is 15.3. The number of nitrogens with one attached hydrogen (secondary N) is 1. The van der Waals surface area contributed by atoms with Crippen molar-refractivity contribution in [1.82, 2.24) is 20.0 Å². The molecule has 0 aromatic carbocycles. The Morgan fingerprint density at radius 1 is 1.31 bits per heavy atom. The van der Waals surface area contributed by atoms with E-state index in [4.69, 9.17) is 5.73 Å². The molecule has 0 atom stereocenters. The van der Waals surface area contributed by atoms with Gasteiger partial charge >= 0.3 is 0 Å². The van der Waals surface area contributed by atoms with Crippen molar-refractivity contribution >= 4 is 16.9 Å². The molecule has 0 aliphatic carbocycles. The number of nitrogens with two attached hydrogens (primary N) is 1. The number of H-pyrrole nitrogens is 1. The molecule has 88 valence electrons. The zero-order valence-corrected chi connectivity index (χ0v) is 10.3. The standard InChI is InChI=1S/C11H19N5/c1-6(2)5-16-11-8(10(12)13-14-11)9(15-16)7(3)4/h6-7H,5H2,1-4H3,(H3,12,13,14). The number of hydrogen-bond acceptors (Lipinski definition) is 3. The van der Waals surface area contributed by atoms with E-state index in [1.54, 1.807) is 0 Å². The molecule has 0 unspecified atom stereocenters. The summed E-state index contributed by atoms with van der Waals surface area (Å²) in [4.78, 5) is 0. The van der Waals surface area contributed by atoms with Crippen molar-refractivity contribution in [1.29, 1.82) is 0 Å².